The zero-order valence-corrected chi connectivity index (χ0v) is 15.0. The van der Waals surface area contributed by atoms with Crippen LogP contribution < -0.4 is 4.74 Å². The molecule has 2 aromatic carbocycles. The first-order chi connectivity index (χ1) is 11.1. The summed E-state index contributed by atoms with van der Waals surface area (Å²) < 4.78 is 5.07. The van der Waals surface area contributed by atoms with E-state index in [-0.39, 0.29) is 9.86 Å². The van der Waals surface area contributed by atoms with Crippen LogP contribution in [0.4, 0.5) is 0 Å². The third-order valence-electron chi connectivity index (χ3n) is 4.05. The molecule has 3 rings (SSSR count). The van der Waals surface area contributed by atoms with Crippen molar-refractivity contribution in [3.05, 3.63) is 65.2 Å². The van der Waals surface area contributed by atoms with Crippen LogP contribution in [-0.2, 0) is 4.08 Å². The van der Waals surface area contributed by atoms with E-state index >= 15 is 0 Å². The van der Waals surface area contributed by atoms with Crippen LogP contribution >= 0.6 is 23.5 Å². The fourth-order valence-electron chi connectivity index (χ4n) is 2.72. The molecule has 0 N–H and O–H groups in total. The number of ether oxygens (including phenoxy) is 1. The molecule has 0 aliphatic carbocycles. The Morgan fingerprint density at radius 3 is 2.22 bits per heavy atom. The van der Waals surface area contributed by atoms with Crippen LogP contribution in [0.25, 0.3) is 0 Å². The highest BCUT2D eigenvalue weighted by atomic mass is 32.2. The molecule has 1 aliphatic heterocycles. The molecular formula is C19H20O2S2. The minimum absolute atomic E-state index is 0.172. The summed E-state index contributed by atoms with van der Waals surface area (Å²) in [5, 5.41) is 0. The molecule has 0 radical (unpaired) electrons. The Hall–Kier alpha value is -1.39. The van der Waals surface area contributed by atoms with Crippen LogP contribution in [0.2, 0.25) is 0 Å². The zero-order valence-electron chi connectivity index (χ0n) is 13.4. The third kappa shape index (κ3) is 3.59. The summed E-state index contributed by atoms with van der Waals surface area (Å²) in [6, 6.07) is 16.0. The molecule has 23 heavy (non-hydrogen) atoms. The lowest BCUT2D eigenvalue weighted by molar-refractivity contribution is 0.0979. The first-order valence-electron chi connectivity index (χ1n) is 7.65. The van der Waals surface area contributed by atoms with Crippen molar-refractivity contribution in [2.75, 3.05) is 18.6 Å². The van der Waals surface area contributed by atoms with Gasteiger partial charge in [-0.2, -0.15) is 0 Å². The van der Waals surface area contributed by atoms with E-state index in [0.717, 1.165) is 22.8 Å². The second kappa shape index (κ2) is 7.02. The van der Waals surface area contributed by atoms with Crippen LogP contribution in [0, 0.1) is 6.92 Å². The van der Waals surface area contributed by atoms with Crippen molar-refractivity contribution in [1.29, 1.82) is 0 Å². The molecule has 1 heterocycles. The number of Topliss-reactive ketones (excluding diaryl/α,β-unsaturated/α-hetero) is 1. The van der Waals surface area contributed by atoms with Gasteiger partial charge in [-0.1, -0.05) is 42.0 Å². The minimum Gasteiger partial charge on any atom is -0.497 e. The van der Waals surface area contributed by atoms with E-state index in [0.29, 0.717) is 6.42 Å². The van der Waals surface area contributed by atoms with Gasteiger partial charge >= 0.3 is 0 Å². The average Bonchev–Trinajstić information content (AvgIpc) is 3.05. The van der Waals surface area contributed by atoms with Crippen molar-refractivity contribution in [3.8, 4) is 5.75 Å². The van der Waals surface area contributed by atoms with Gasteiger partial charge in [0.1, 0.15) is 5.75 Å². The Morgan fingerprint density at radius 2 is 1.65 bits per heavy atom. The molecule has 4 heteroatoms. The van der Waals surface area contributed by atoms with Gasteiger partial charge in [0.25, 0.3) is 0 Å². The molecule has 1 fully saturated rings. The number of hydrogen-bond acceptors (Lipinski definition) is 4. The van der Waals surface area contributed by atoms with Crippen LogP contribution in [-0.4, -0.2) is 24.4 Å². The predicted octanol–water partition coefficient (Wildman–Crippen LogP) is 4.91. The fourth-order valence-corrected chi connectivity index (χ4v) is 5.95. The van der Waals surface area contributed by atoms with Crippen molar-refractivity contribution < 1.29 is 9.53 Å². The van der Waals surface area contributed by atoms with Crippen molar-refractivity contribution in [2.45, 2.75) is 17.4 Å². The number of thioether (sulfide) groups is 2. The van der Waals surface area contributed by atoms with Crippen molar-refractivity contribution in [1.82, 2.24) is 0 Å². The fraction of sp³-hybridized carbons (Fsp3) is 0.316. The topological polar surface area (TPSA) is 26.3 Å². The lowest BCUT2D eigenvalue weighted by atomic mass is 10.0. The quantitative estimate of drug-likeness (QED) is 0.720. The van der Waals surface area contributed by atoms with Crippen LogP contribution in [0.1, 0.15) is 27.9 Å². The zero-order chi connectivity index (χ0) is 16.3. The molecule has 0 unspecified atom stereocenters. The summed E-state index contributed by atoms with van der Waals surface area (Å²) in [5.74, 6) is 3.22. The Kier molecular flexibility index (Phi) is 5.02. The van der Waals surface area contributed by atoms with Gasteiger partial charge in [0.2, 0.25) is 0 Å². The van der Waals surface area contributed by atoms with Gasteiger partial charge in [-0.05, 0) is 24.6 Å². The summed E-state index contributed by atoms with van der Waals surface area (Å²) >= 11 is 3.77. The SMILES string of the molecule is COc1ccc(C2(CC(=O)c3ccc(C)cc3)SCCS2)cc1. The molecule has 0 bridgehead atoms. The molecule has 0 spiro atoms. The van der Waals surface area contributed by atoms with E-state index in [1.165, 1.54) is 11.1 Å². The van der Waals surface area contributed by atoms with Gasteiger partial charge in [0.05, 0.1) is 11.2 Å². The molecule has 120 valence electrons. The van der Waals surface area contributed by atoms with Crippen LogP contribution in [0.15, 0.2) is 48.5 Å². The summed E-state index contributed by atoms with van der Waals surface area (Å²) in [5.41, 5.74) is 3.18. The number of hydrogen-bond donors (Lipinski definition) is 0. The third-order valence-corrected chi connectivity index (χ3v) is 7.53. The Bertz CT molecular complexity index is 672. The number of carbonyl (C=O) groups excluding carboxylic acids is 1. The minimum atomic E-state index is -0.172. The van der Waals surface area contributed by atoms with E-state index in [4.69, 9.17) is 4.74 Å². The molecule has 1 aliphatic rings. The molecule has 2 aromatic rings. The van der Waals surface area contributed by atoms with E-state index in [1.807, 2.05) is 66.8 Å². The summed E-state index contributed by atoms with van der Waals surface area (Å²) in [6.07, 6.45) is 0.526. The number of aryl methyl sites for hydroxylation is 1. The maximum absolute atomic E-state index is 12.8. The number of carbonyl (C=O) groups is 1. The number of methoxy groups -OCH3 is 1. The highest BCUT2D eigenvalue weighted by molar-refractivity contribution is 8.20. The van der Waals surface area contributed by atoms with Crippen LogP contribution in [0.3, 0.4) is 0 Å². The summed E-state index contributed by atoms with van der Waals surface area (Å²) in [4.78, 5) is 12.8. The standard InChI is InChI=1S/C19H20O2S2/c1-14-3-5-15(6-4-14)18(20)13-19(22-11-12-23-19)16-7-9-17(21-2)10-8-16/h3-10H,11-13H2,1-2H3. The van der Waals surface area contributed by atoms with Crippen molar-refractivity contribution >= 4 is 29.3 Å². The smallest absolute Gasteiger partial charge is 0.165 e. The molecule has 0 saturated carbocycles. The number of benzene rings is 2. The van der Waals surface area contributed by atoms with E-state index in [9.17, 15) is 4.79 Å². The van der Waals surface area contributed by atoms with Gasteiger partial charge in [-0.3, -0.25) is 4.79 Å². The Morgan fingerprint density at radius 1 is 1.04 bits per heavy atom. The molecule has 2 nitrogen and oxygen atoms in total. The number of rotatable bonds is 5. The monoisotopic (exact) mass is 344 g/mol. The molecule has 1 saturated heterocycles. The van der Waals surface area contributed by atoms with Gasteiger partial charge in [-0.25, -0.2) is 0 Å². The lowest BCUT2D eigenvalue weighted by Gasteiger charge is -2.27. The first-order valence-corrected chi connectivity index (χ1v) is 9.62. The normalized spacial score (nSPS) is 16.3. The van der Waals surface area contributed by atoms with Gasteiger partial charge in [-0.15, -0.1) is 23.5 Å². The van der Waals surface area contributed by atoms with Crippen molar-refractivity contribution in [2.24, 2.45) is 0 Å². The summed E-state index contributed by atoms with van der Waals surface area (Å²) in [6.45, 7) is 2.04. The van der Waals surface area contributed by atoms with Crippen molar-refractivity contribution in [3.63, 3.8) is 0 Å². The van der Waals surface area contributed by atoms with Gasteiger partial charge < -0.3 is 4.74 Å². The second-order valence-electron chi connectivity index (χ2n) is 5.64. The molecule has 0 amide bonds. The van der Waals surface area contributed by atoms with Crippen LogP contribution in [0.5, 0.6) is 5.75 Å². The van der Waals surface area contributed by atoms with E-state index in [2.05, 4.69) is 12.1 Å². The first kappa shape index (κ1) is 16.5. The maximum Gasteiger partial charge on any atom is 0.165 e. The maximum atomic E-state index is 12.8. The molecular weight excluding hydrogens is 324 g/mol. The highest BCUT2D eigenvalue weighted by Gasteiger charge is 2.39. The Balaban J connectivity index is 1.85. The highest BCUT2D eigenvalue weighted by Crippen LogP contribution is 2.54. The lowest BCUT2D eigenvalue weighted by Crippen LogP contribution is -2.20. The van der Waals surface area contributed by atoms with E-state index < -0.39 is 0 Å². The predicted molar refractivity (Wildman–Crippen MR) is 99.7 cm³/mol. The Labute approximate surface area is 146 Å². The van der Waals surface area contributed by atoms with E-state index in [1.54, 1.807) is 7.11 Å². The van der Waals surface area contributed by atoms with Gasteiger partial charge in [0.15, 0.2) is 5.78 Å². The number of ketones is 1. The molecule has 0 aromatic heterocycles. The van der Waals surface area contributed by atoms with Gasteiger partial charge in [0, 0.05) is 23.5 Å². The molecule has 0 atom stereocenters. The average molecular weight is 345 g/mol. The second-order valence-corrected chi connectivity index (χ2v) is 8.69. The summed E-state index contributed by atoms with van der Waals surface area (Å²) in [7, 11) is 1.67. The largest absolute Gasteiger partial charge is 0.497 e.